The lowest BCUT2D eigenvalue weighted by atomic mass is 9.90. The first kappa shape index (κ1) is 12.7. The Bertz CT molecular complexity index is 160. The van der Waals surface area contributed by atoms with Gasteiger partial charge < -0.3 is 9.31 Å². The maximum Gasteiger partial charge on any atom is 0.486 e. The summed E-state index contributed by atoms with van der Waals surface area (Å²) < 4.78 is 11.1. The first-order chi connectivity index (χ1) is 5.89. The Hall–Kier alpha value is -0.275. The van der Waals surface area contributed by atoms with Crippen molar-refractivity contribution in [1.82, 2.24) is 0 Å². The lowest BCUT2D eigenvalue weighted by molar-refractivity contribution is 0.00578. The molecule has 0 atom stereocenters. The highest BCUT2D eigenvalue weighted by Gasteiger charge is 2.49. The molecular weight excluding hydrogens is 163 g/mol. The van der Waals surface area contributed by atoms with Crippen molar-refractivity contribution in [1.29, 1.82) is 0 Å². The van der Waals surface area contributed by atoms with Gasteiger partial charge in [0.25, 0.3) is 0 Å². The molecular formula is C10H21BO2. The second-order valence-electron chi connectivity index (χ2n) is 3.86. The van der Waals surface area contributed by atoms with Crippen molar-refractivity contribution in [2.75, 3.05) is 0 Å². The Balaban J connectivity index is 0.000000671. The zero-order valence-corrected chi connectivity index (χ0v) is 9.68. The Morgan fingerprint density at radius 3 is 1.46 bits per heavy atom. The van der Waals surface area contributed by atoms with Gasteiger partial charge in [-0.1, -0.05) is 19.8 Å². The highest BCUT2D eigenvalue weighted by atomic mass is 16.7. The zero-order chi connectivity index (χ0) is 10.7. The SMILES string of the molecule is C=CB1OC(C)(C)C(C)(C)O1.CC. The molecule has 76 valence electrons. The van der Waals surface area contributed by atoms with E-state index in [1.54, 1.807) is 5.98 Å². The standard InChI is InChI=1S/C8H15BO2.C2H6/c1-6-9-10-7(2,3)8(4,5)11-9;1-2/h6H,1H2,2-5H3;1-2H3. The fourth-order valence-corrected chi connectivity index (χ4v) is 0.985. The summed E-state index contributed by atoms with van der Waals surface area (Å²) in [5.74, 6) is 1.68. The van der Waals surface area contributed by atoms with E-state index >= 15 is 0 Å². The van der Waals surface area contributed by atoms with Crippen LogP contribution in [0, 0.1) is 0 Å². The Kier molecular flexibility index (Phi) is 4.20. The van der Waals surface area contributed by atoms with E-state index in [2.05, 4.69) is 6.58 Å². The summed E-state index contributed by atoms with van der Waals surface area (Å²) in [4.78, 5) is 0. The topological polar surface area (TPSA) is 18.5 Å². The van der Waals surface area contributed by atoms with Gasteiger partial charge >= 0.3 is 7.12 Å². The van der Waals surface area contributed by atoms with Crippen molar-refractivity contribution >= 4 is 7.12 Å². The molecule has 0 saturated carbocycles. The molecule has 0 aliphatic carbocycles. The van der Waals surface area contributed by atoms with E-state index in [1.807, 2.05) is 41.5 Å². The van der Waals surface area contributed by atoms with E-state index in [0.717, 1.165) is 0 Å². The summed E-state index contributed by atoms with van der Waals surface area (Å²) in [7, 11) is -0.250. The van der Waals surface area contributed by atoms with Crippen LogP contribution in [0.4, 0.5) is 0 Å². The molecule has 0 aromatic carbocycles. The fraction of sp³-hybridized carbons (Fsp3) is 0.800. The van der Waals surface area contributed by atoms with Crippen LogP contribution in [-0.4, -0.2) is 18.3 Å². The van der Waals surface area contributed by atoms with Crippen LogP contribution >= 0.6 is 0 Å². The van der Waals surface area contributed by atoms with Gasteiger partial charge in [-0.15, -0.1) is 6.58 Å². The van der Waals surface area contributed by atoms with Gasteiger partial charge in [-0.3, -0.25) is 0 Å². The second kappa shape index (κ2) is 4.29. The van der Waals surface area contributed by atoms with Crippen LogP contribution in [0.3, 0.4) is 0 Å². The molecule has 1 rings (SSSR count). The first-order valence-electron chi connectivity index (χ1n) is 4.87. The molecule has 0 aromatic heterocycles. The van der Waals surface area contributed by atoms with Crippen molar-refractivity contribution < 1.29 is 9.31 Å². The lowest BCUT2D eigenvalue weighted by Crippen LogP contribution is -2.41. The predicted molar refractivity (Wildman–Crippen MR) is 57.6 cm³/mol. The Morgan fingerprint density at radius 2 is 1.31 bits per heavy atom. The van der Waals surface area contributed by atoms with Crippen LogP contribution < -0.4 is 0 Å². The van der Waals surface area contributed by atoms with Crippen molar-refractivity contribution in [3.05, 3.63) is 12.6 Å². The molecule has 0 radical (unpaired) electrons. The van der Waals surface area contributed by atoms with Crippen LogP contribution in [0.25, 0.3) is 0 Å². The summed E-state index contributed by atoms with van der Waals surface area (Å²) in [6.45, 7) is 15.7. The molecule has 0 spiro atoms. The smallest absolute Gasteiger partial charge is 0.400 e. The number of hydrogen-bond acceptors (Lipinski definition) is 2. The van der Waals surface area contributed by atoms with Crippen LogP contribution in [-0.2, 0) is 9.31 Å². The summed E-state index contributed by atoms with van der Waals surface area (Å²) in [6, 6.07) is 0. The van der Waals surface area contributed by atoms with Crippen molar-refractivity contribution in [2.45, 2.75) is 52.7 Å². The monoisotopic (exact) mass is 184 g/mol. The highest BCUT2D eigenvalue weighted by Crippen LogP contribution is 2.36. The third-order valence-corrected chi connectivity index (χ3v) is 2.46. The molecule has 3 heteroatoms. The van der Waals surface area contributed by atoms with E-state index in [4.69, 9.17) is 9.31 Å². The zero-order valence-electron chi connectivity index (χ0n) is 9.68. The van der Waals surface area contributed by atoms with E-state index in [9.17, 15) is 0 Å². The van der Waals surface area contributed by atoms with E-state index in [1.165, 1.54) is 0 Å². The van der Waals surface area contributed by atoms with Gasteiger partial charge in [0.15, 0.2) is 0 Å². The molecule has 1 saturated heterocycles. The van der Waals surface area contributed by atoms with Crippen LogP contribution in [0.15, 0.2) is 12.6 Å². The van der Waals surface area contributed by atoms with Gasteiger partial charge in [-0.2, -0.15) is 0 Å². The number of hydrogen-bond donors (Lipinski definition) is 0. The quantitative estimate of drug-likeness (QED) is 0.583. The van der Waals surface area contributed by atoms with Crippen LogP contribution in [0.2, 0.25) is 0 Å². The van der Waals surface area contributed by atoms with Gasteiger partial charge in [0.05, 0.1) is 11.2 Å². The van der Waals surface area contributed by atoms with Gasteiger partial charge in [-0.05, 0) is 27.7 Å². The van der Waals surface area contributed by atoms with Crippen molar-refractivity contribution in [2.24, 2.45) is 0 Å². The summed E-state index contributed by atoms with van der Waals surface area (Å²) in [5, 5.41) is 0. The van der Waals surface area contributed by atoms with Crippen molar-refractivity contribution in [3.8, 4) is 0 Å². The van der Waals surface area contributed by atoms with E-state index in [-0.39, 0.29) is 18.3 Å². The summed E-state index contributed by atoms with van der Waals surface area (Å²) >= 11 is 0. The Morgan fingerprint density at radius 1 is 1.00 bits per heavy atom. The molecule has 1 aliphatic rings. The molecule has 1 aliphatic heterocycles. The van der Waals surface area contributed by atoms with Gasteiger partial charge in [0.2, 0.25) is 0 Å². The van der Waals surface area contributed by atoms with E-state index in [0.29, 0.717) is 0 Å². The van der Waals surface area contributed by atoms with Gasteiger partial charge in [-0.25, -0.2) is 0 Å². The summed E-state index contributed by atoms with van der Waals surface area (Å²) in [5.41, 5.74) is -0.461. The largest absolute Gasteiger partial charge is 0.486 e. The normalized spacial score (nSPS) is 23.4. The molecule has 0 bridgehead atoms. The minimum atomic E-state index is -0.250. The minimum absolute atomic E-state index is 0.230. The maximum absolute atomic E-state index is 5.57. The minimum Gasteiger partial charge on any atom is -0.400 e. The third-order valence-electron chi connectivity index (χ3n) is 2.46. The van der Waals surface area contributed by atoms with Gasteiger partial charge in [0, 0.05) is 0 Å². The fourth-order valence-electron chi connectivity index (χ4n) is 0.985. The lowest BCUT2D eigenvalue weighted by Gasteiger charge is -2.32. The Labute approximate surface area is 82.5 Å². The second-order valence-corrected chi connectivity index (χ2v) is 3.86. The predicted octanol–water partition coefficient (Wildman–Crippen LogP) is 2.83. The maximum atomic E-state index is 5.57. The molecule has 0 N–H and O–H groups in total. The molecule has 2 nitrogen and oxygen atoms in total. The van der Waals surface area contributed by atoms with Crippen LogP contribution in [0.5, 0.6) is 0 Å². The molecule has 13 heavy (non-hydrogen) atoms. The van der Waals surface area contributed by atoms with Crippen LogP contribution in [0.1, 0.15) is 41.5 Å². The molecule has 0 amide bonds. The number of rotatable bonds is 1. The average Bonchev–Trinajstić information content (AvgIpc) is 2.25. The highest BCUT2D eigenvalue weighted by molar-refractivity contribution is 6.51. The molecule has 1 heterocycles. The van der Waals surface area contributed by atoms with E-state index < -0.39 is 0 Å². The molecule has 0 aromatic rings. The first-order valence-corrected chi connectivity index (χ1v) is 4.87. The van der Waals surface area contributed by atoms with Crippen molar-refractivity contribution in [3.63, 3.8) is 0 Å². The molecule has 1 fully saturated rings. The summed E-state index contributed by atoms with van der Waals surface area (Å²) in [6.07, 6.45) is 0. The van der Waals surface area contributed by atoms with Gasteiger partial charge in [0.1, 0.15) is 0 Å². The third kappa shape index (κ3) is 2.58. The average molecular weight is 184 g/mol. The molecule has 0 unspecified atom stereocenters.